The normalized spacial score (nSPS) is 11.2. The van der Waals surface area contributed by atoms with Crippen LogP contribution in [0.15, 0.2) is 65.3 Å². The maximum atomic E-state index is 5.32. The second-order valence-electron chi connectivity index (χ2n) is 5.09. The molecule has 0 bridgehead atoms. The fraction of sp³-hybridized carbons (Fsp3) is 0.0556. The lowest BCUT2D eigenvalue weighted by Gasteiger charge is -2.10. The Hall–Kier alpha value is -2.33. The first-order valence-corrected chi connectivity index (χ1v) is 7.76. The van der Waals surface area contributed by atoms with Crippen molar-refractivity contribution in [1.82, 2.24) is 9.38 Å². The Morgan fingerprint density at radius 2 is 1.82 bits per heavy atom. The molecule has 0 spiro atoms. The van der Waals surface area contributed by atoms with E-state index in [1.165, 1.54) is 0 Å². The molecule has 0 aliphatic rings. The lowest BCUT2D eigenvalue weighted by molar-refractivity contribution is 0.415. The molecular weight excluding hydrogens is 340 g/mol. The molecule has 108 valence electrons. The van der Waals surface area contributed by atoms with Crippen LogP contribution in [0.2, 0.25) is 0 Å². The number of hydrogen-bond acceptors (Lipinski definition) is 2. The van der Waals surface area contributed by atoms with E-state index in [4.69, 9.17) is 9.72 Å². The average Bonchev–Trinajstić information content (AvgIpc) is 3.04. The molecule has 0 saturated carbocycles. The number of hydrogen-bond donors (Lipinski definition) is 0. The molecule has 2 aromatic heterocycles. The Kier molecular flexibility index (Phi) is 3.12. The van der Waals surface area contributed by atoms with E-state index >= 15 is 0 Å². The summed E-state index contributed by atoms with van der Waals surface area (Å²) in [7, 11) is 1.67. The van der Waals surface area contributed by atoms with Gasteiger partial charge in [-0.05, 0) is 36.4 Å². The highest BCUT2D eigenvalue weighted by Crippen LogP contribution is 2.29. The molecule has 3 nitrogen and oxygen atoms in total. The number of halogens is 1. The van der Waals surface area contributed by atoms with Gasteiger partial charge in [-0.1, -0.05) is 28.1 Å². The monoisotopic (exact) mass is 352 g/mol. The van der Waals surface area contributed by atoms with Gasteiger partial charge in [0.1, 0.15) is 5.75 Å². The molecular formula is C18H13BrN2O. The van der Waals surface area contributed by atoms with Gasteiger partial charge in [-0.15, -0.1) is 0 Å². The SMILES string of the molecule is COc1ccc2c(c1)nc(-c1ccc(Br)cc1)c1cccn12. The van der Waals surface area contributed by atoms with E-state index in [2.05, 4.69) is 44.7 Å². The fourth-order valence-electron chi connectivity index (χ4n) is 2.71. The molecule has 0 saturated heterocycles. The molecule has 0 fully saturated rings. The number of ether oxygens (including phenoxy) is 1. The van der Waals surface area contributed by atoms with Gasteiger partial charge in [-0.25, -0.2) is 4.98 Å². The third-order valence-electron chi connectivity index (χ3n) is 3.78. The predicted octanol–water partition coefficient (Wildman–Crippen LogP) is 4.93. The van der Waals surface area contributed by atoms with Crippen molar-refractivity contribution in [2.45, 2.75) is 0 Å². The average molecular weight is 353 g/mol. The highest BCUT2D eigenvalue weighted by atomic mass is 79.9. The van der Waals surface area contributed by atoms with Gasteiger partial charge in [0.05, 0.1) is 29.4 Å². The lowest BCUT2D eigenvalue weighted by Crippen LogP contribution is -1.95. The molecule has 0 atom stereocenters. The Labute approximate surface area is 136 Å². The van der Waals surface area contributed by atoms with Crippen molar-refractivity contribution in [3.8, 4) is 17.0 Å². The summed E-state index contributed by atoms with van der Waals surface area (Å²) in [5, 5.41) is 0. The predicted molar refractivity (Wildman–Crippen MR) is 92.4 cm³/mol. The van der Waals surface area contributed by atoms with Crippen molar-refractivity contribution in [3.05, 3.63) is 65.3 Å². The highest BCUT2D eigenvalue weighted by molar-refractivity contribution is 9.10. The minimum absolute atomic E-state index is 0.813. The van der Waals surface area contributed by atoms with Crippen LogP contribution in [-0.4, -0.2) is 16.5 Å². The van der Waals surface area contributed by atoms with Gasteiger partial charge in [0.25, 0.3) is 0 Å². The van der Waals surface area contributed by atoms with Gasteiger partial charge in [0, 0.05) is 22.3 Å². The van der Waals surface area contributed by atoms with Crippen LogP contribution in [0.4, 0.5) is 0 Å². The number of benzene rings is 2. The molecule has 4 rings (SSSR count). The van der Waals surface area contributed by atoms with Gasteiger partial charge in [-0.3, -0.25) is 0 Å². The first kappa shape index (κ1) is 13.3. The Balaban J connectivity index is 2.07. The highest BCUT2D eigenvalue weighted by Gasteiger charge is 2.10. The number of methoxy groups -OCH3 is 1. The summed E-state index contributed by atoms with van der Waals surface area (Å²) in [6.07, 6.45) is 2.06. The zero-order chi connectivity index (χ0) is 15.1. The van der Waals surface area contributed by atoms with Gasteiger partial charge in [-0.2, -0.15) is 0 Å². The summed E-state index contributed by atoms with van der Waals surface area (Å²) in [6.45, 7) is 0. The molecule has 2 heterocycles. The van der Waals surface area contributed by atoms with Gasteiger partial charge >= 0.3 is 0 Å². The second kappa shape index (κ2) is 5.14. The Bertz CT molecular complexity index is 974. The van der Waals surface area contributed by atoms with Crippen molar-refractivity contribution < 1.29 is 4.74 Å². The minimum atomic E-state index is 0.813. The standard InChI is InChI=1S/C18H13BrN2O/c1-22-14-8-9-16-15(11-14)20-18(17-3-2-10-21(16)17)12-4-6-13(19)7-5-12/h2-11H,1H3. The number of rotatable bonds is 2. The molecule has 0 aliphatic heterocycles. The fourth-order valence-corrected chi connectivity index (χ4v) is 2.97. The third kappa shape index (κ3) is 2.07. The van der Waals surface area contributed by atoms with Crippen LogP contribution in [0.3, 0.4) is 0 Å². The minimum Gasteiger partial charge on any atom is -0.497 e. The van der Waals surface area contributed by atoms with E-state index in [0.717, 1.165) is 38.0 Å². The summed E-state index contributed by atoms with van der Waals surface area (Å²) in [4.78, 5) is 4.87. The molecule has 2 aromatic carbocycles. The Morgan fingerprint density at radius 1 is 1.00 bits per heavy atom. The van der Waals surface area contributed by atoms with E-state index in [1.54, 1.807) is 7.11 Å². The summed E-state index contributed by atoms with van der Waals surface area (Å²) >= 11 is 3.48. The largest absolute Gasteiger partial charge is 0.497 e. The molecule has 0 N–H and O–H groups in total. The second-order valence-corrected chi connectivity index (χ2v) is 6.00. The lowest BCUT2D eigenvalue weighted by atomic mass is 10.1. The van der Waals surface area contributed by atoms with Crippen molar-refractivity contribution in [2.24, 2.45) is 0 Å². The Morgan fingerprint density at radius 3 is 2.59 bits per heavy atom. The first-order valence-electron chi connectivity index (χ1n) is 6.97. The summed E-state index contributed by atoms with van der Waals surface area (Å²) < 4.78 is 8.55. The summed E-state index contributed by atoms with van der Waals surface area (Å²) in [5.41, 5.74) is 5.15. The molecule has 0 unspecified atom stereocenters. The van der Waals surface area contributed by atoms with E-state index in [-0.39, 0.29) is 0 Å². The number of fused-ring (bicyclic) bond motifs is 3. The van der Waals surface area contributed by atoms with Gasteiger partial charge in [0.15, 0.2) is 0 Å². The zero-order valence-electron chi connectivity index (χ0n) is 12.0. The summed E-state index contributed by atoms with van der Waals surface area (Å²) in [6, 6.07) is 18.3. The van der Waals surface area contributed by atoms with E-state index in [1.807, 2.05) is 36.4 Å². The van der Waals surface area contributed by atoms with E-state index in [0.29, 0.717) is 0 Å². The number of aromatic nitrogens is 2. The molecule has 0 aliphatic carbocycles. The van der Waals surface area contributed by atoms with Crippen LogP contribution in [0.1, 0.15) is 0 Å². The van der Waals surface area contributed by atoms with E-state index < -0.39 is 0 Å². The molecule has 0 radical (unpaired) electrons. The van der Waals surface area contributed by atoms with Crippen molar-refractivity contribution >= 4 is 32.5 Å². The molecule has 0 amide bonds. The van der Waals surface area contributed by atoms with Crippen LogP contribution < -0.4 is 4.74 Å². The van der Waals surface area contributed by atoms with E-state index in [9.17, 15) is 0 Å². The van der Waals surface area contributed by atoms with Crippen molar-refractivity contribution in [2.75, 3.05) is 7.11 Å². The van der Waals surface area contributed by atoms with Gasteiger partial charge < -0.3 is 9.14 Å². The number of nitrogens with zero attached hydrogens (tertiary/aromatic N) is 2. The van der Waals surface area contributed by atoms with Gasteiger partial charge in [0.2, 0.25) is 0 Å². The molecule has 22 heavy (non-hydrogen) atoms. The smallest absolute Gasteiger partial charge is 0.121 e. The topological polar surface area (TPSA) is 26.5 Å². The van der Waals surface area contributed by atoms with Crippen LogP contribution in [0.25, 0.3) is 27.8 Å². The first-order chi connectivity index (χ1) is 10.8. The molecule has 4 heteroatoms. The van der Waals surface area contributed by atoms with Crippen LogP contribution in [0, 0.1) is 0 Å². The summed E-state index contributed by atoms with van der Waals surface area (Å²) in [5.74, 6) is 0.813. The van der Waals surface area contributed by atoms with Crippen LogP contribution in [0.5, 0.6) is 5.75 Å². The van der Waals surface area contributed by atoms with Crippen molar-refractivity contribution in [1.29, 1.82) is 0 Å². The van der Waals surface area contributed by atoms with Crippen LogP contribution >= 0.6 is 15.9 Å². The van der Waals surface area contributed by atoms with Crippen molar-refractivity contribution in [3.63, 3.8) is 0 Å². The molecule has 4 aromatic rings. The van der Waals surface area contributed by atoms with Crippen LogP contribution in [-0.2, 0) is 0 Å². The quantitative estimate of drug-likeness (QED) is 0.511. The maximum Gasteiger partial charge on any atom is 0.121 e. The maximum absolute atomic E-state index is 5.32. The third-order valence-corrected chi connectivity index (χ3v) is 4.31. The zero-order valence-corrected chi connectivity index (χ0v) is 13.5.